The summed E-state index contributed by atoms with van der Waals surface area (Å²) in [5.41, 5.74) is 1.34. The zero-order chi connectivity index (χ0) is 13.0. The molecule has 1 fully saturated rings. The highest BCUT2D eigenvalue weighted by molar-refractivity contribution is 7.14. The maximum Gasteiger partial charge on any atom is 0.160 e. The highest BCUT2D eigenvalue weighted by Gasteiger charge is 2.33. The molecule has 0 N–H and O–H groups in total. The molecule has 0 bridgehead atoms. The number of hydrogen-bond donors (Lipinski definition) is 0. The number of aldehydes is 1. The summed E-state index contributed by atoms with van der Waals surface area (Å²) in [6.07, 6.45) is 3.51. The van der Waals surface area contributed by atoms with Gasteiger partial charge < -0.3 is 9.47 Å². The van der Waals surface area contributed by atoms with Crippen LogP contribution in [0, 0.1) is 5.41 Å². The van der Waals surface area contributed by atoms with Crippen LogP contribution in [0.2, 0.25) is 0 Å². The predicted octanol–water partition coefficient (Wildman–Crippen LogP) is 2.80. The van der Waals surface area contributed by atoms with Crippen molar-refractivity contribution in [1.29, 1.82) is 0 Å². The third-order valence-electron chi connectivity index (χ3n) is 3.03. The van der Waals surface area contributed by atoms with Gasteiger partial charge in [0.2, 0.25) is 0 Å². The predicted molar refractivity (Wildman–Crippen MR) is 73.2 cm³/mol. The quantitative estimate of drug-likeness (QED) is 0.562. The molecule has 1 aliphatic heterocycles. The van der Waals surface area contributed by atoms with Crippen LogP contribution >= 0.6 is 11.3 Å². The first-order valence-electron chi connectivity index (χ1n) is 6.03. The minimum Gasteiger partial charge on any atom is -0.380 e. The Balaban J connectivity index is 1.80. The van der Waals surface area contributed by atoms with Crippen molar-refractivity contribution in [2.75, 3.05) is 26.4 Å². The molecule has 1 aromatic heterocycles. The van der Waals surface area contributed by atoms with Gasteiger partial charge in [0.15, 0.2) is 6.29 Å². The molecule has 0 radical (unpaired) electrons. The van der Waals surface area contributed by atoms with Crippen molar-refractivity contribution >= 4 is 23.7 Å². The van der Waals surface area contributed by atoms with Gasteiger partial charge in [0, 0.05) is 10.3 Å². The minimum absolute atomic E-state index is 0.198. The van der Waals surface area contributed by atoms with Gasteiger partial charge in [0.1, 0.15) is 0 Å². The van der Waals surface area contributed by atoms with E-state index in [2.05, 4.69) is 13.5 Å². The van der Waals surface area contributed by atoms with Crippen molar-refractivity contribution in [1.82, 2.24) is 0 Å². The van der Waals surface area contributed by atoms with Crippen LogP contribution in [0.4, 0.5) is 0 Å². The summed E-state index contributed by atoms with van der Waals surface area (Å²) in [4.78, 5) is 12.5. The maximum absolute atomic E-state index is 10.7. The molecule has 1 saturated heterocycles. The zero-order valence-electron chi connectivity index (χ0n) is 10.6. The van der Waals surface area contributed by atoms with Crippen molar-refractivity contribution in [2.45, 2.75) is 13.3 Å². The Kier molecular flexibility index (Phi) is 4.32. The lowest BCUT2D eigenvalue weighted by Crippen LogP contribution is -2.43. The third-order valence-corrected chi connectivity index (χ3v) is 4.13. The normalized spacial score (nSPS) is 17.2. The van der Waals surface area contributed by atoms with E-state index in [0.717, 1.165) is 47.8 Å². The van der Waals surface area contributed by atoms with Crippen LogP contribution in [0.5, 0.6) is 0 Å². The first-order chi connectivity index (χ1) is 8.67. The Labute approximate surface area is 111 Å². The van der Waals surface area contributed by atoms with Gasteiger partial charge in [0.05, 0.1) is 31.3 Å². The second kappa shape index (κ2) is 5.78. The Bertz CT molecular complexity index is 432. The van der Waals surface area contributed by atoms with E-state index in [9.17, 15) is 4.79 Å². The number of hydrogen-bond acceptors (Lipinski definition) is 4. The molecule has 2 rings (SSSR count). The Morgan fingerprint density at radius 1 is 1.61 bits per heavy atom. The van der Waals surface area contributed by atoms with Crippen molar-refractivity contribution in [2.24, 2.45) is 5.41 Å². The van der Waals surface area contributed by atoms with Crippen LogP contribution in [0.25, 0.3) is 6.08 Å². The zero-order valence-corrected chi connectivity index (χ0v) is 11.4. The lowest BCUT2D eigenvalue weighted by atomic mass is 9.90. The second-order valence-corrected chi connectivity index (χ2v) is 6.08. The largest absolute Gasteiger partial charge is 0.380 e. The molecule has 0 saturated carbocycles. The van der Waals surface area contributed by atoms with E-state index in [-0.39, 0.29) is 5.41 Å². The monoisotopic (exact) mass is 266 g/mol. The van der Waals surface area contributed by atoms with Gasteiger partial charge >= 0.3 is 0 Å². The molecule has 0 unspecified atom stereocenters. The molecular formula is C14H18O3S. The first kappa shape index (κ1) is 13.5. The molecular weight excluding hydrogens is 248 g/mol. The van der Waals surface area contributed by atoms with Crippen LogP contribution in [-0.4, -0.2) is 32.7 Å². The first-order valence-corrected chi connectivity index (χ1v) is 6.84. The molecule has 4 heteroatoms. The van der Waals surface area contributed by atoms with E-state index >= 15 is 0 Å². The van der Waals surface area contributed by atoms with E-state index in [0.29, 0.717) is 6.61 Å². The van der Waals surface area contributed by atoms with Crippen molar-refractivity contribution in [3.8, 4) is 0 Å². The van der Waals surface area contributed by atoms with Crippen LogP contribution in [0.3, 0.4) is 0 Å². The Hall–Kier alpha value is -0.970. The number of ether oxygens (including phenoxy) is 2. The minimum atomic E-state index is 0.198. The van der Waals surface area contributed by atoms with E-state index < -0.39 is 0 Å². The topological polar surface area (TPSA) is 35.5 Å². The molecule has 2 heterocycles. The van der Waals surface area contributed by atoms with Gasteiger partial charge in [0.25, 0.3) is 0 Å². The Morgan fingerprint density at radius 3 is 2.94 bits per heavy atom. The number of carbonyl (C=O) groups is 1. The Morgan fingerprint density at radius 2 is 2.39 bits per heavy atom. The van der Waals surface area contributed by atoms with Gasteiger partial charge in [-0.05, 0) is 18.1 Å². The van der Waals surface area contributed by atoms with Gasteiger partial charge in [-0.1, -0.05) is 19.6 Å². The lowest BCUT2D eigenvalue weighted by molar-refractivity contribution is -0.137. The summed E-state index contributed by atoms with van der Waals surface area (Å²) in [6.45, 7) is 8.92. The average molecular weight is 266 g/mol. The fourth-order valence-electron chi connectivity index (χ4n) is 1.93. The molecule has 98 valence electrons. The highest BCUT2D eigenvalue weighted by atomic mass is 32.1. The number of thiophene rings is 1. The summed E-state index contributed by atoms with van der Waals surface area (Å²) < 4.78 is 10.9. The maximum atomic E-state index is 10.7. The summed E-state index contributed by atoms with van der Waals surface area (Å²) in [7, 11) is 0. The fraction of sp³-hybridized carbons (Fsp3) is 0.500. The third kappa shape index (κ3) is 3.07. The summed E-state index contributed by atoms with van der Waals surface area (Å²) in [5, 5.41) is 0. The van der Waals surface area contributed by atoms with E-state index in [1.165, 1.54) is 11.3 Å². The standard InChI is InChI=1S/C14H18O3S/c1-3-13-11(6-12(7-15)18-13)4-5-16-8-14(2)9-17-10-14/h3,6-7H,1,4-5,8-10H2,2H3. The molecule has 0 amide bonds. The second-order valence-electron chi connectivity index (χ2n) is 4.97. The van der Waals surface area contributed by atoms with Gasteiger partial charge in [-0.25, -0.2) is 0 Å². The molecule has 0 aromatic carbocycles. The van der Waals surface area contributed by atoms with Crippen molar-refractivity contribution in [3.63, 3.8) is 0 Å². The summed E-state index contributed by atoms with van der Waals surface area (Å²) in [5.74, 6) is 0. The molecule has 1 aliphatic rings. The van der Waals surface area contributed by atoms with Gasteiger partial charge in [-0.15, -0.1) is 11.3 Å². The van der Waals surface area contributed by atoms with Crippen molar-refractivity contribution in [3.05, 3.63) is 28.0 Å². The molecule has 1 aromatic rings. The molecule has 0 atom stereocenters. The summed E-state index contributed by atoms with van der Waals surface area (Å²) in [6, 6.07) is 1.92. The average Bonchev–Trinajstić information content (AvgIpc) is 2.75. The smallest absolute Gasteiger partial charge is 0.160 e. The summed E-state index contributed by atoms with van der Waals surface area (Å²) >= 11 is 1.48. The molecule has 0 spiro atoms. The van der Waals surface area contributed by atoms with Crippen LogP contribution in [0.1, 0.15) is 27.0 Å². The fourth-order valence-corrected chi connectivity index (χ4v) is 2.80. The van der Waals surface area contributed by atoms with Gasteiger partial charge in [-0.2, -0.15) is 0 Å². The van der Waals surface area contributed by atoms with Gasteiger partial charge in [-0.3, -0.25) is 4.79 Å². The van der Waals surface area contributed by atoms with Crippen molar-refractivity contribution < 1.29 is 14.3 Å². The number of carbonyl (C=O) groups excluding carboxylic acids is 1. The van der Waals surface area contributed by atoms with E-state index in [4.69, 9.17) is 9.47 Å². The SMILES string of the molecule is C=Cc1sc(C=O)cc1CCOCC1(C)COC1. The van der Waals surface area contributed by atoms with E-state index in [1.807, 2.05) is 6.07 Å². The highest BCUT2D eigenvalue weighted by Crippen LogP contribution is 2.27. The molecule has 3 nitrogen and oxygen atoms in total. The van der Waals surface area contributed by atoms with Crippen LogP contribution < -0.4 is 0 Å². The van der Waals surface area contributed by atoms with Crippen LogP contribution in [0.15, 0.2) is 12.6 Å². The van der Waals surface area contributed by atoms with Crippen LogP contribution in [-0.2, 0) is 15.9 Å². The molecule has 0 aliphatic carbocycles. The lowest BCUT2D eigenvalue weighted by Gasteiger charge is -2.37. The molecule has 18 heavy (non-hydrogen) atoms. The number of rotatable bonds is 7. The van der Waals surface area contributed by atoms with E-state index in [1.54, 1.807) is 6.08 Å².